The van der Waals surface area contributed by atoms with Crippen molar-refractivity contribution in [2.45, 2.75) is 12.0 Å². The van der Waals surface area contributed by atoms with Crippen LogP contribution in [0.1, 0.15) is 28.7 Å². The van der Waals surface area contributed by atoms with Gasteiger partial charge in [0.1, 0.15) is 28.9 Å². The van der Waals surface area contributed by atoms with Gasteiger partial charge in [0, 0.05) is 28.8 Å². The molecule has 132 valence electrons. The number of aromatic hydroxyl groups is 4. The Morgan fingerprint density at radius 2 is 1.28 bits per heavy atom. The van der Waals surface area contributed by atoms with Crippen molar-refractivity contribution < 1.29 is 45.3 Å². The third-order valence-electron chi connectivity index (χ3n) is 3.59. The molecule has 2 aromatic rings. The molecular weight excluding hydrogens is 336 g/mol. The van der Waals surface area contributed by atoms with Crippen LogP contribution >= 0.6 is 0 Å². The fourth-order valence-electron chi connectivity index (χ4n) is 2.40. The molecule has 0 radical (unpaired) electrons. The van der Waals surface area contributed by atoms with Crippen LogP contribution in [-0.4, -0.2) is 47.7 Å². The van der Waals surface area contributed by atoms with Crippen molar-refractivity contribution in [3.05, 3.63) is 47.0 Å². The van der Waals surface area contributed by atoms with Gasteiger partial charge in [-0.05, 0) is 12.1 Å². The number of carboxylic acids is 2. The van der Waals surface area contributed by atoms with Gasteiger partial charge in [-0.25, -0.2) is 4.79 Å². The Kier molecular flexibility index (Phi) is 4.70. The van der Waals surface area contributed by atoms with Crippen molar-refractivity contribution in [2.75, 3.05) is 0 Å². The van der Waals surface area contributed by atoms with Crippen molar-refractivity contribution in [1.29, 1.82) is 0 Å². The lowest BCUT2D eigenvalue weighted by molar-refractivity contribution is -0.147. The molecule has 0 saturated heterocycles. The molecule has 0 fully saturated rings. The lowest BCUT2D eigenvalue weighted by atomic mass is 9.88. The first-order chi connectivity index (χ1) is 11.6. The molecule has 0 aromatic heterocycles. The zero-order valence-corrected chi connectivity index (χ0v) is 12.5. The normalized spacial score (nSPS) is 13.2. The minimum absolute atomic E-state index is 0.193. The molecule has 0 aliphatic heterocycles. The summed E-state index contributed by atoms with van der Waals surface area (Å²) in [5.41, 5.74) is -1.08. The molecule has 0 saturated carbocycles. The second-order valence-corrected chi connectivity index (χ2v) is 5.22. The average molecular weight is 350 g/mol. The molecule has 9 nitrogen and oxygen atoms in total. The highest BCUT2D eigenvalue weighted by atomic mass is 16.4. The molecule has 0 heterocycles. The number of aliphatic hydroxyl groups is 1. The first kappa shape index (κ1) is 17.9. The molecule has 7 N–H and O–H groups in total. The van der Waals surface area contributed by atoms with E-state index in [2.05, 4.69) is 0 Å². The van der Waals surface area contributed by atoms with Gasteiger partial charge in [0.15, 0.2) is 6.10 Å². The molecule has 9 heteroatoms. The van der Waals surface area contributed by atoms with Gasteiger partial charge in [-0.2, -0.15) is 0 Å². The maximum absolute atomic E-state index is 11.7. The van der Waals surface area contributed by atoms with Gasteiger partial charge in [0.25, 0.3) is 0 Å². The number of hydrogen-bond donors (Lipinski definition) is 7. The molecule has 0 amide bonds. The summed E-state index contributed by atoms with van der Waals surface area (Å²) in [4.78, 5) is 22.6. The fourth-order valence-corrected chi connectivity index (χ4v) is 2.40. The van der Waals surface area contributed by atoms with Gasteiger partial charge in [0.05, 0.1) is 0 Å². The number of aliphatic carboxylic acids is 2. The third-order valence-corrected chi connectivity index (χ3v) is 3.59. The number of hydrogen-bond acceptors (Lipinski definition) is 7. The third kappa shape index (κ3) is 3.40. The summed E-state index contributed by atoms with van der Waals surface area (Å²) in [5.74, 6) is -7.15. The molecule has 0 aliphatic rings. The van der Waals surface area contributed by atoms with Crippen molar-refractivity contribution >= 4 is 11.9 Å². The van der Waals surface area contributed by atoms with E-state index in [0.29, 0.717) is 6.07 Å². The molecule has 0 spiro atoms. The summed E-state index contributed by atoms with van der Waals surface area (Å²) in [6.07, 6.45) is -2.15. The minimum Gasteiger partial charge on any atom is -0.508 e. The van der Waals surface area contributed by atoms with Gasteiger partial charge < -0.3 is 35.7 Å². The Labute approximate surface area is 140 Å². The molecule has 0 bridgehead atoms. The van der Waals surface area contributed by atoms with E-state index >= 15 is 0 Å². The molecule has 2 unspecified atom stereocenters. The van der Waals surface area contributed by atoms with Crippen LogP contribution in [0.25, 0.3) is 0 Å². The Hall–Kier alpha value is -3.46. The second-order valence-electron chi connectivity index (χ2n) is 5.22. The van der Waals surface area contributed by atoms with E-state index in [1.54, 1.807) is 0 Å². The monoisotopic (exact) mass is 350 g/mol. The molecular formula is C16H14O9. The quantitative estimate of drug-likeness (QED) is 0.412. The Morgan fingerprint density at radius 1 is 0.720 bits per heavy atom. The van der Waals surface area contributed by atoms with E-state index in [9.17, 15) is 40.2 Å². The fraction of sp³-hybridized carbons (Fsp3) is 0.125. The van der Waals surface area contributed by atoms with E-state index in [-0.39, 0.29) is 16.9 Å². The van der Waals surface area contributed by atoms with Gasteiger partial charge in [-0.15, -0.1) is 0 Å². The van der Waals surface area contributed by atoms with Gasteiger partial charge in [-0.1, -0.05) is 6.07 Å². The predicted molar refractivity (Wildman–Crippen MR) is 81.6 cm³/mol. The Morgan fingerprint density at radius 3 is 1.80 bits per heavy atom. The van der Waals surface area contributed by atoms with Gasteiger partial charge in [-0.3, -0.25) is 4.79 Å². The zero-order valence-electron chi connectivity index (χ0n) is 12.5. The van der Waals surface area contributed by atoms with Gasteiger partial charge >= 0.3 is 11.9 Å². The predicted octanol–water partition coefficient (Wildman–Crippen LogP) is 0.843. The van der Waals surface area contributed by atoms with Crippen molar-refractivity contribution in [3.8, 4) is 23.0 Å². The molecule has 2 atom stereocenters. The highest BCUT2D eigenvalue weighted by Crippen LogP contribution is 2.41. The summed E-state index contributed by atoms with van der Waals surface area (Å²) in [5, 5.41) is 66.8. The van der Waals surface area contributed by atoms with Crippen LogP contribution in [0.3, 0.4) is 0 Å². The number of phenolic OH excluding ortho intramolecular Hbond substituents is 4. The average Bonchev–Trinajstić information content (AvgIpc) is 2.50. The van der Waals surface area contributed by atoms with E-state index in [1.807, 2.05) is 0 Å². The summed E-state index contributed by atoms with van der Waals surface area (Å²) >= 11 is 0. The first-order valence-corrected chi connectivity index (χ1v) is 6.84. The van der Waals surface area contributed by atoms with Crippen LogP contribution in [0.4, 0.5) is 0 Å². The lowest BCUT2D eigenvalue weighted by Gasteiger charge is -2.19. The molecule has 25 heavy (non-hydrogen) atoms. The number of carbonyl (C=O) groups is 2. The molecule has 2 rings (SSSR count). The van der Waals surface area contributed by atoms with Crippen molar-refractivity contribution in [2.24, 2.45) is 0 Å². The van der Waals surface area contributed by atoms with Crippen LogP contribution in [-0.2, 0) is 9.59 Å². The summed E-state index contributed by atoms with van der Waals surface area (Å²) in [7, 11) is 0. The largest absolute Gasteiger partial charge is 0.508 e. The van der Waals surface area contributed by atoms with Crippen LogP contribution in [0.15, 0.2) is 30.3 Å². The molecule has 0 aliphatic carbocycles. The van der Waals surface area contributed by atoms with Crippen LogP contribution in [0, 0.1) is 0 Å². The number of carboxylic acid groups (broad SMARTS) is 2. The lowest BCUT2D eigenvalue weighted by Crippen LogP contribution is -2.16. The summed E-state index contributed by atoms with van der Waals surface area (Å²) in [6.45, 7) is 0. The van der Waals surface area contributed by atoms with Crippen LogP contribution < -0.4 is 0 Å². The SMILES string of the molecule is O=C(O)C(O)c1cc(C(C(=O)O)c2ccc(O)cc2O)c(O)cc1O. The maximum atomic E-state index is 11.7. The van der Waals surface area contributed by atoms with E-state index in [1.165, 1.54) is 0 Å². The number of phenols is 4. The minimum atomic E-state index is -2.15. The van der Waals surface area contributed by atoms with Gasteiger partial charge in [0.2, 0.25) is 0 Å². The maximum Gasteiger partial charge on any atom is 0.337 e. The molecule has 2 aromatic carbocycles. The van der Waals surface area contributed by atoms with Crippen LogP contribution in [0.2, 0.25) is 0 Å². The summed E-state index contributed by atoms with van der Waals surface area (Å²) < 4.78 is 0. The van der Waals surface area contributed by atoms with E-state index in [4.69, 9.17) is 5.11 Å². The Bertz CT molecular complexity index is 844. The topological polar surface area (TPSA) is 176 Å². The highest BCUT2D eigenvalue weighted by Gasteiger charge is 2.31. The van der Waals surface area contributed by atoms with Crippen molar-refractivity contribution in [3.63, 3.8) is 0 Å². The highest BCUT2D eigenvalue weighted by molar-refractivity contribution is 5.83. The smallest absolute Gasteiger partial charge is 0.337 e. The van der Waals surface area contributed by atoms with E-state index in [0.717, 1.165) is 24.3 Å². The van der Waals surface area contributed by atoms with Crippen LogP contribution in [0.5, 0.6) is 23.0 Å². The zero-order chi connectivity index (χ0) is 18.9. The second kappa shape index (κ2) is 6.57. The number of benzene rings is 2. The first-order valence-electron chi connectivity index (χ1n) is 6.84. The summed E-state index contributed by atoms with van der Waals surface area (Å²) in [6, 6.07) is 4.66. The standard InChI is InChI=1S/C16H14O9/c17-6-1-2-7(10(18)3-6)13(15(22)23)8-4-9(14(21)16(24)25)12(20)5-11(8)19/h1-5,13-14,17-21H,(H,22,23)(H,24,25). The van der Waals surface area contributed by atoms with Crippen molar-refractivity contribution in [1.82, 2.24) is 0 Å². The number of aliphatic hydroxyl groups excluding tert-OH is 1. The Balaban J connectivity index is 2.68. The van der Waals surface area contributed by atoms with E-state index < -0.39 is 46.8 Å². The number of rotatable bonds is 5.